The van der Waals surface area contributed by atoms with Crippen LogP contribution in [0.15, 0.2) is 11.6 Å². The third-order valence-electron chi connectivity index (χ3n) is 11.1. The van der Waals surface area contributed by atoms with Crippen molar-refractivity contribution in [2.75, 3.05) is 6.54 Å². The van der Waals surface area contributed by atoms with Gasteiger partial charge < -0.3 is 14.8 Å². The van der Waals surface area contributed by atoms with Gasteiger partial charge in [-0.3, -0.25) is 0 Å². The first-order valence-corrected chi connectivity index (χ1v) is 14.8. The number of alkyl carbamates (subject to hydrolysis) is 1. The monoisotopic (exact) mass is 485 g/mol. The number of aldehydes is 1. The zero-order chi connectivity index (χ0) is 25.2. The third kappa shape index (κ3) is 5.37. The molecular formula is C31H51NO3. The number of rotatable bonds is 9. The second-order valence-electron chi connectivity index (χ2n) is 13.4. The lowest BCUT2D eigenvalue weighted by Crippen LogP contribution is -2.51. The lowest BCUT2D eigenvalue weighted by molar-refractivity contribution is -0.107. The van der Waals surface area contributed by atoms with Gasteiger partial charge in [0, 0.05) is 19.4 Å². The smallest absolute Gasteiger partial charge is 0.407 e. The molecule has 0 radical (unpaired) electrons. The SMILES string of the molecule is CC(C)CCC[C@@H](C)[C@H]1CCC2C3CC=C4CC(OC(=O)NCCC=O)CC[C@]4(C)C3CC[C@@]21C. The first-order valence-electron chi connectivity index (χ1n) is 14.8. The van der Waals surface area contributed by atoms with Gasteiger partial charge in [-0.05, 0) is 91.3 Å². The van der Waals surface area contributed by atoms with E-state index in [1.165, 1.54) is 51.4 Å². The maximum atomic E-state index is 12.1. The molecule has 0 heterocycles. The van der Waals surface area contributed by atoms with Crippen molar-refractivity contribution in [3.05, 3.63) is 11.6 Å². The fourth-order valence-electron chi connectivity index (χ4n) is 9.18. The lowest BCUT2D eigenvalue weighted by Gasteiger charge is -2.58. The van der Waals surface area contributed by atoms with Crippen LogP contribution in [0.2, 0.25) is 0 Å². The standard InChI is InChI=1S/C31H51NO3/c1-21(2)8-6-9-22(3)26-12-13-27-25-11-10-23-20-24(35-29(34)32-18-7-19-33)14-16-30(23,4)28(25)15-17-31(26,27)5/h10,19,21-22,24-28H,6-9,11-18,20H2,1-5H3,(H,32,34)/t22-,24?,25?,26-,27?,28?,30+,31-/m1/s1. The van der Waals surface area contributed by atoms with E-state index in [1.54, 1.807) is 5.57 Å². The first kappa shape index (κ1) is 26.7. The summed E-state index contributed by atoms with van der Waals surface area (Å²) in [6.45, 7) is 12.8. The van der Waals surface area contributed by atoms with Crippen molar-refractivity contribution >= 4 is 12.4 Å². The van der Waals surface area contributed by atoms with Crippen LogP contribution >= 0.6 is 0 Å². The Morgan fingerprint density at radius 2 is 1.91 bits per heavy atom. The zero-order valence-corrected chi connectivity index (χ0v) is 23.1. The summed E-state index contributed by atoms with van der Waals surface area (Å²) in [5, 5.41) is 2.71. The van der Waals surface area contributed by atoms with Gasteiger partial charge in [0.1, 0.15) is 12.4 Å². The third-order valence-corrected chi connectivity index (χ3v) is 11.1. The summed E-state index contributed by atoms with van der Waals surface area (Å²) in [6, 6.07) is 0. The summed E-state index contributed by atoms with van der Waals surface area (Å²) in [5.41, 5.74) is 2.36. The van der Waals surface area contributed by atoms with Crippen molar-refractivity contribution in [1.29, 1.82) is 0 Å². The molecule has 0 saturated heterocycles. The van der Waals surface area contributed by atoms with Gasteiger partial charge in [0.2, 0.25) is 0 Å². The summed E-state index contributed by atoms with van der Waals surface area (Å²) in [5.74, 6) is 5.09. The molecule has 1 amide bonds. The summed E-state index contributed by atoms with van der Waals surface area (Å²) < 4.78 is 5.73. The average molecular weight is 486 g/mol. The van der Waals surface area contributed by atoms with Crippen molar-refractivity contribution in [1.82, 2.24) is 5.32 Å². The molecular weight excluding hydrogens is 434 g/mol. The molecule has 35 heavy (non-hydrogen) atoms. The highest BCUT2D eigenvalue weighted by Crippen LogP contribution is 2.67. The van der Waals surface area contributed by atoms with Crippen molar-refractivity contribution in [2.24, 2.45) is 46.3 Å². The van der Waals surface area contributed by atoms with Gasteiger partial charge in [-0.15, -0.1) is 0 Å². The number of nitrogens with one attached hydrogen (secondary N) is 1. The number of hydrogen-bond donors (Lipinski definition) is 1. The van der Waals surface area contributed by atoms with Crippen LogP contribution in [-0.2, 0) is 9.53 Å². The molecule has 0 aromatic rings. The van der Waals surface area contributed by atoms with Gasteiger partial charge in [-0.1, -0.05) is 65.5 Å². The molecule has 0 aromatic carbocycles. The normalized spacial score (nSPS) is 39.1. The Kier molecular flexibility index (Phi) is 8.38. The van der Waals surface area contributed by atoms with Crippen LogP contribution in [0, 0.1) is 46.3 Å². The largest absolute Gasteiger partial charge is 0.446 e. The second-order valence-corrected chi connectivity index (χ2v) is 13.4. The summed E-state index contributed by atoms with van der Waals surface area (Å²) in [7, 11) is 0. The van der Waals surface area contributed by atoms with Gasteiger partial charge in [0.25, 0.3) is 0 Å². The molecule has 4 heteroatoms. The highest BCUT2D eigenvalue weighted by Gasteiger charge is 2.59. The van der Waals surface area contributed by atoms with Crippen LogP contribution in [0.4, 0.5) is 4.79 Å². The minimum absolute atomic E-state index is 0.0292. The van der Waals surface area contributed by atoms with E-state index in [4.69, 9.17) is 4.74 Å². The quantitative estimate of drug-likeness (QED) is 0.207. The molecule has 0 bridgehead atoms. The number of carbonyl (C=O) groups is 2. The molecule has 0 aliphatic heterocycles. The number of amides is 1. The Balaban J connectivity index is 1.39. The number of fused-ring (bicyclic) bond motifs is 5. The summed E-state index contributed by atoms with van der Waals surface area (Å²) >= 11 is 0. The molecule has 4 unspecified atom stereocenters. The Bertz CT molecular complexity index is 790. The highest BCUT2D eigenvalue weighted by molar-refractivity contribution is 5.68. The van der Waals surface area contributed by atoms with Crippen molar-refractivity contribution in [3.8, 4) is 0 Å². The molecule has 0 aromatic heterocycles. The second kappa shape index (κ2) is 11.0. The van der Waals surface area contributed by atoms with E-state index in [1.807, 2.05) is 0 Å². The minimum Gasteiger partial charge on any atom is -0.446 e. The van der Waals surface area contributed by atoms with Crippen LogP contribution in [-0.4, -0.2) is 25.0 Å². The van der Waals surface area contributed by atoms with Crippen LogP contribution in [0.5, 0.6) is 0 Å². The predicted molar refractivity (Wildman–Crippen MR) is 142 cm³/mol. The Morgan fingerprint density at radius 3 is 2.66 bits per heavy atom. The topological polar surface area (TPSA) is 55.4 Å². The fraction of sp³-hybridized carbons (Fsp3) is 0.871. The van der Waals surface area contributed by atoms with E-state index in [2.05, 4.69) is 46.0 Å². The van der Waals surface area contributed by atoms with Crippen LogP contribution in [0.25, 0.3) is 0 Å². The molecule has 3 saturated carbocycles. The number of ether oxygens (including phenoxy) is 1. The Hall–Kier alpha value is -1.32. The maximum absolute atomic E-state index is 12.1. The van der Waals surface area contributed by atoms with Gasteiger partial charge >= 0.3 is 6.09 Å². The fourth-order valence-corrected chi connectivity index (χ4v) is 9.18. The summed E-state index contributed by atoms with van der Waals surface area (Å²) in [6.07, 6.45) is 17.3. The van der Waals surface area contributed by atoms with E-state index in [0.717, 1.165) is 61.1 Å². The van der Waals surface area contributed by atoms with E-state index in [-0.39, 0.29) is 17.6 Å². The molecule has 4 aliphatic rings. The number of allylic oxidation sites excluding steroid dienone is 1. The van der Waals surface area contributed by atoms with Gasteiger partial charge in [-0.25, -0.2) is 4.79 Å². The van der Waals surface area contributed by atoms with Crippen LogP contribution in [0.1, 0.15) is 112 Å². The maximum Gasteiger partial charge on any atom is 0.407 e. The minimum atomic E-state index is -0.373. The number of carbonyl (C=O) groups excluding carboxylic acids is 2. The van der Waals surface area contributed by atoms with Gasteiger partial charge in [-0.2, -0.15) is 0 Å². The molecule has 0 spiro atoms. The van der Waals surface area contributed by atoms with Gasteiger partial charge in [0.15, 0.2) is 0 Å². The Labute approximate surface area is 214 Å². The Morgan fingerprint density at radius 1 is 1.11 bits per heavy atom. The van der Waals surface area contributed by atoms with Crippen molar-refractivity contribution < 1.29 is 14.3 Å². The van der Waals surface area contributed by atoms with E-state index in [0.29, 0.717) is 18.4 Å². The highest BCUT2D eigenvalue weighted by atomic mass is 16.6. The number of hydrogen-bond acceptors (Lipinski definition) is 3. The van der Waals surface area contributed by atoms with Crippen LogP contribution in [0.3, 0.4) is 0 Å². The molecule has 1 N–H and O–H groups in total. The average Bonchev–Trinajstić information content (AvgIpc) is 3.16. The molecule has 198 valence electrons. The van der Waals surface area contributed by atoms with Crippen LogP contribution < -0.4 is 5.32 Å². The van der Waals surface area contributed by atoms with Crippen molar-refractivity contribution in [3.63, 3.8) is 0 Å². The molecule has 8 atom stereocenters. The molecule has 4 aliphatic carbocycles. The molecule has 4 rings (SSSR count). The first-order chi connectivity index (χ1) is 16.7. The van der Waals surface area contributed by atoms with E-state index < -0.39 is 0 Å². The zero-order valence-electron chi connectivity index (χ0n) is 23.1. The lowest BCUT2D eigenvalue weighted by atomic mass is 9.47. The van der Waals surface area contributed by atoms with E-state index in [9.17, 15) is 9.59 Å². The molecule has 4 nitrogen and oxygen atoms in total. The van der Waals surface area contributed by atoms with Crippen molar-refractivity contribution in [2.45, 2.75) is 118 Å². The predicted octanol–water partition coefficient (Wildman–Crippen LogP) is 7.71. The van der Waals surface area contributed by atoms with E-state index >= 15 is 0 Å². The summed E-state index contributed by atoms with van der Waals surface area (Å²) in [4.78, 5) is 22.6. The molecule has 3 fully saturated rings. The van der Waals surface area contributed by atoms with Gasteiger partial charge in [0.05, 0.1) is 0 Å².